The number of hydrogen-bond acceptors (Lipinski definition) is 4. The summed E-state index contributed by atoms with van der Waals surface area (Å²) in [6, 6.07) is 1.86. The quantitative estimate of drug-likeness (QED) is 0.722. The summed E-state index contributed by atoms with van der Waals surface area (Å²) in [6.45, 7) is 1.04. The first-order valence-electron chi connectivity index (χ1n) is 9.17. The molecule has 0 aromatic heterocycles. The molecule has 1 aromatic rings. The third-order valence-electron chi connectivity index (χ3n) is 5.32. The van der Waals surface area contributed by atoms with Gasteiger partial charge in [-0.2, -0.15) is 0 Å². The van der Waals surface area contributed by atoms with Crippen LogP contribution in [0, 0.1) is 17.6 Å². The minimum atomic E-state index is -0.977. The number of carbonyl (C=O) groups is 2. The van der Waals surface area contributed by atoms with Gasteiger partial charge in [-0.15, -0.1) is 0 Å². The lowest BCUT2D eigenvalue weighted by molar-refractivity contribution is -0.138. The van der Waals surface area contributed by atoms with Gasteiger partial charge in [-0.25, -0.2) is 8.78 Å². The van der Waals surface area contributed by atoms with E-state index in [1.54, 1.807) is 0 Å². The number of carboxylic acid groups (broad SMARTS) is 1. The molecule has 148 valence electrons. The van der Waals surface area contributed by atoms with Crippen LogP contribution in [-0.4, -0.2) is 54.2 Å². The van der Waals surface area contributed by atoms with Gasteiger partial charge in [0.05, 0.1) is 13.5 Å². The molecule has 1 aliphatic carbocycles. The minimum absolute atomic E-state index is 0.00413. The number of carbonyl (C=O) groups excluding carboxylic acids is 1. The van der Waals surface area contributed by atoms with Crippen LogP contribution in [0.1, 0.15) is 42.5 Å². The Morgan fingerprint density at radius 1 is 1.19 bits per heavy atom. The van der Waals surface area contributed by atoms with Crippen LogP contribution in [0.4, 0.5) is 8.78 Å². The van der Waals surface area contributed by atoms with Crippen molar-refractivity contribution in [2.45, 2.75) is 44.2 Å². The molecule has 2 fully saturated rings. The number of aliphatic carboxylic acids is 1. The molecule has 2 atom stereocenters. The largest absolute Gasteiger partial charge is 0.497 e. The Kier molecular flexibility index (Phi) is 5.94. The van der Waals surface area contributed by atoms with Crippen molar-refractivity contribution in [3.05, 3.63) is 29.3 Å². The molecule has 8 heteroatoms. The van der Waals surface area contributed by atoms with Gasteiger partial charge in [0, 0.05) is 37.3 Å². The molecule has 1 amide bonds. The van der Waals surface area contributed by atoms with Gasteiger partial charge in [-0.05, 0) is 31.6 Å². The Hall–Kier alpha value is -2.22. The highest BCUT2D eigenvalue weighted by atomic mass is 19.1. The van der Waals surface area contributed by atoms with Crippen LogP contribution in [0.15, 0.2) is 12.1 Å². The van der Waals surface area contributed by atoms with Crippen molar-refractivity contribution in [2.75, 3.05) is 20.2 Å². The first-order valence-corrected chi connectivity index (χ1v) is 9.17. The zero-order valence-corrected chi connectivity index (χ0v) is 15.2. The Labute approximate surface area is 156 Å². The van der Waals surface area contributed by atoms with Gasteiger partial charge in [-0.1, -0.05) is 0 Å². The summed E-state index contributed by atoms with van der Waals surface area (Å²) in [5, 5.41) is 11.7. The second kappa shape index (κ2) is 8.21. The van der Waals surface area contributed by atoms with Gasteiger partial charge in [0.25, 0.3) is 5.91 Å². The number of likely N-dealkylation sites (tertiary alicyclic amines) is 1. The van der Waals surface area contributed by atoms with Crippen molar-refractivity contribution in [1.29, 1.82) is 0 Å². The fraction of sp³-hybridized carbons (Fsp3) is 0.579. The summed E-state index contributed by atoms with van der Waals surface area (Å²) in [4.78, 5) is 25.5. The van der Waals surface area contributed by atoms with Crippen molar-refractivity contribution in [1.82, 2.24) is 10.2 Å². The lowest BCUT2D eigenvalue weighted by atomic mass is 10.1. The molecule has 1 aromatic carbocycles. The average Bonchev–Trinajstić information content (AvgIpc) is 3.35. The molecule has 1 saturated heterocycles. The summed E-state index contributed by atoms with van der Waals surface area (Å²) in [5.41, 5.74) is -0.635. The number of nitrogens with zero attached hydrogens (tertiary/aromatic N) is 1. The van der Waals surface area contributed by atoms with Crippen LogP contribution in [0.2, 0.25) is 0 Å². The standard InChI is InChI=1S/C19H24F2N2O4/c1-27-14-7-15(20)18(16(21)8-14)19(26)22-9-13-5-4-12(6-17(24)25)23(13)10-11-2-3-11/h7-8,11-13H,2-6,9-10H2,1H3,(H,22,26)(H,24,25)/t12-,13+/m1/s1. The Bertz CT molecular complexity index is 701. The molecule has 1 saturated carbocycles. The fourth-order valence-electron chi connectivity index (χ4n) is 3.74. The van der Waals surface area contributed by atoms with Crippen molar-refractivity contribution >= 4 is 11.9 Å². The van der Waals surface area contributed by atoms with E-state index in [1.165, 1.54) is 7.11 Å². The van der Waals surface area contributed by atoms with Gasteiger partial charge in [0.1, 0.15) is 22.9 Å². The summed E-state index contributed by atoms with van der Waals surface area (Å²) < 4.78 is 32.9. The average molecular weight is 382 g/mol. The number of benzene rings is 1. The topological polar surface area (TPSA) is 78.9 Å². The van der Waals surface area contributed by atoms with Crippen LogP contribution >= 0.6 is 0 Å². The maximum atomic E-state index is 14.1. The van der Waals surface area contributed by atoms with Gasteiger partial charge in [0.2, 0.25) is 0 Å². The van der Waals surface area contributed by atoms with Crippen molar-refractivity contribution in [3.8, 4) is 5.75 Å². The first kappa shape index (κ1) is 19.5. The van der Waals surface area contributed by atoms with E-state index >= 15 is 0 Å². The maximum absolute atomic E-state index is 14.1. The number of nitrogens with one attached hydrogen (secondary N) is 1. The molecule has 3 rings (SSSR count). The van der Waals surface area contributed by atoms with E-state index < -0.39 is 29.1 Å². The second-order valence-corrected chi connectivity index (χ2v) is 7.30. The molecule has 6 nitrogen and oxygen atoms in total. The predicted octanol–water partition coefficient (Wildman–Crippen LogP) is 2.42. The number of hydrogen-bond donors (Lipinski definition) is 2. The third-order valence-corrected chi connectivity index (χ3v) is 5.32. The number of amides is 1. The normalized spacial score (nSPS) is 22.6. The molecule has 0 bridgehead atoms. The van der Waals surface area contributed by atoms with Gasteiger partial charge in [-0.3, -0.25) is 14.5 Å². The lowest BCUT2D eigenvalue weighted by Gasteiger charge is -2.29. The zero-order valence-electron chi connectivity index (χ0n) is 15.2. The van der Waals surface area contributed by atoms with Crippen molar-refractivity contribution < 1.29 is 28.2 Å². The van der Waals surface area contributed by atoms with E-state index in [-0.39, 0.29) is 30.8 Å². The SMILES string of the molecule is COc1cc(F)c(C(=O)NC[C@@H]2CC[C@H](CC(=O)O)N2CC2CC2)c(F)c1. The highest BCUT2D eigenvalue weighted by molar-refractivity contribution is 5.94. The van der Waals surface area contributed by atoms with E-state index in [2.05, 4.69) is 10.2 Å². The highest BCUT2D eigenvalue weighted by Gasteiger charge is 2.38. The number of halogens is 2. The molecule has 0 spiro atoms. The van der Waals surface area contributed by atoms with E-state index in [1.807, 2.05) is 0 Å². The Morgan fingerprint density at radius 3 is 2.37 bits per heavy atom. The third kappa shape index (κ3) is 4.74. The number of rotatable bonds is 8. The van der Waals surface area contributed by atoms with Crippen LogP contribution in [0.5, 0.6) is 5.75 Å². The molecule has 0 unspecified atom stereocenters. The van der Waals surface area contributed by atoms with Crippen molar-refractivity contribution in [2.24, 2.45) is 5.92 Å². The van der Waals surface area contributed by atoms with Crippen LogP contribution in [0.3, 0.4) is 0 Å². The Morgan fingerprint density at radius 2 is 1.81 bits per heavy atom. The summed E-state index contributed by atoms with van der Waals surface area (Å²) in [5.74, 6) is -3.03. The number of carboxylic acids is 1. The fourth-order valence-corrected chi connectivity index (χ4v) is 3.74. The predicted molar refractivity (Wildman–Crippen MR) is 93.7 cm³/mol. The van der Waals surface area contributed by atoms with Gasteiger partial charge >= 0.3 is 5.97 Å². The first-order chi connectivity index (χ1) is 12.9. The maximum Gasteiger partial charge on any atom is 0.304 e. The highest BCUT2D eigenvalue weighted by Crippen LogP contribution is 2.35. The van der Waals surface area contributed by atoms with Crippen LogP contribution < -0.4 is 10.1 Å². The Balaban J connectivity index is 1.64. The minimum Gasteiger partial charge on any atom is -0.497 e. The molecule has 0 radical (unpaired) electrons. The van der Waals surface area contributed by atoms with E-state index in [4.69, 9.17) is 9.84 Å². The molecule has 2 N–H and O–H groups in total. The van der Waals surface area contributed by atoms with E-state index in [9.17, 15) is 18.4 Å². The van der Waals surface area contributed by atoms with Crippen LogP contribution in [-0.2, 0) is 4.79 Å². The summed E-state index contributed by atoms with van der Waals surface area (Å²) >= 11 is 0. The zero-order chi connectivity index (χ0) is 19.6. The van der Waals surface area contributed by atoms with E-state index in [0.717, 1.165) is 44.4 Å². The summed E-state index contributed by atoms with van der Waals surface area (Å²) in [6.07, 6.45) is 3.83. The smallest absolute Gasteiger partial charge is 0.304 e. The van der Waals surface area contributed by atoms with Gasteiger partial charge < -0.3 is 15.2 Å². The molecule has 1 aliphatic heterocycles. The molecule has 27 heavy (non-hydrogen) atoms. The van der Waals surface area contributed by atoms with Crippen LogP contribution in [0.25, 0.3) is 0 Å². The number of methoxy groups -OCH3 is 1. The molecule has 1 heterocycles. The number of ether oxygens (including phenoxy) is 1. The monoisotopic (exact) mass is 382 g/mol. The lowest BCUT2D eigenvalue weighted by Crippen LogP contribution is -2.45. The van der Waals surface area contributed by atoms with Crippen molar-refractivity contribution in [3.63, 3.8) is 0 Å². The second-order valence-electron chi connectivity index (χ2n) is 7.30. The molecule has 2 aliphatic rings. The molecular formula is C19H24F2N2O4. The molecular weight excluding hydrogens is 358 g/mol. The van der Waals surface area contributed by atoms with Gasteiger partial charge in [0.15, 0.2) is 0 Å². The summed E-state index contributed by atoms with van der Waals surface area (Å²) in [7, 11) is 1.29. The van der Waals surface area contributed by atoms with E-state index in [0.29, 0.717) is 5.92 Å².